The highest BCUT2D eigenvalue weighted by Crippen LogP contribution is 2.31. The standard InChI is InChI=1S/C10H10FNO5/c1-6-4-7(11)5-8(10(6)12(15)16)17-3-2-9(13)14/h4-5H,2-3H2,1H3,(H,13,14). The molecular weight excluding hydrogens is 233 g/mol. The molecular formula is C10H10FNO5. The normalized spacial score (nSPS) is 10.0. The first kappa shape index (κ1) is 12.9. The Labute approximate surface area is 95.8 Å². The summed E-state index contributed by atoms with van der Waals surface area (Å²) in [7, 11) is 0. The Kier molecular flexibility index (Phi) is 3.97. The van der Waals surface area contributed by atoms with Crippen molar-refractivity contribution in [3.63, 3.8) is 0 Å². The van der Waals surface area contributed by atoms with Crippen molar-refractivity contribution in [2.45, 2.75) is 13.3 Å². The summed E-state index contributed by atoms with van der Waals surface area (Å²) in [4.78, 5) is 20.3. The quantitative estimate of drug-likeness (QED) is 0.630. The smallest absolute Gasteiger partial charge is 0.313 e. The number of carbonyl (C=O) groups is 1. The van der Waals surface area contributed by atoms with Gasteiger partial charge in [0, 0.05) is 11.6 Å². The van der Waals surface area contributed by atoms with Gasteiger partial charge in [-0.15, -0.1) is 0 Å². The van der Waals surface area contributed by atoms with Crippen molar-refractivity contribution in [1.82, 2.24) is 0 Å². The van der Waals surface area contributed by atoms with E-state index in [2.05, 4.69) is 0 Å². The second kappa shape index (κ2) is 5.24. The second-order valence-electron chi connectivity index (χ2n) is 3.32. The molecule has 0 fully saturated rings. The van der Waals surface area contributed by atoms with E-state index in [1.54, 1.807) is 0 Å². The van der Waals surface area contributed by atoms with Crippen LogP contribution in [0.25, 0.3) is 0 Å². The molecule has 1 aromatic rings. The molecule has 0 aliphatic carbocycles. The van der Waals surface area contributed by atoms with Gasteiger partial charge in [0.1, 0.15) is 5.82 Å². The number of nitro groups is 1. The molecule has 0 saturated carbocycles. The molecule has 1 N–H and O–H groups in total. The van der Waals surface area contributed by atoms with Gasteiger partial charge in [-0.1, -0.05) is 0 Å². The van der Waals surface area contributed by atoms with E-state index in [1.807, 2.05) is 0 Å². The molecule has 0 aliphatic rings. The van der Waals surface area contributed by atoms with Gasteiger partial charge < -0.3 is 9.84 Å². The summed E-state index contributed by atoms with van der Waals surface area (Å²) in [6.07, 6.45) is -0.313. The predicted octanol–water partition coefficient (Wildman–Crippen LogP) is 1.90. The molecule has 0 bridgehead atoms. The lowest BCUT2D eigenvalue weighted by atomic mass is 10.2. The van der Waals surface area contributed by atoms with Gasteiger partial charge in [-0.3, -0.25) is 14.9 Å². The molecule has 1 rings (SSSR count). The van der Waals surface area contributed by atoms with Crippen molar-refractivity contribution >= 4 is 11.7 Å². The van der Waals surface area contributed by atoms with Gasteiger partial charge in [-0.25, -0.2) is 4.39 Å². The molecule has 17 heavy (non-hydrogen) atoms. The second-order valence-corrected chi connectivity index (χ2v) is 3.32. The third-order valence-corrected chi connectivity index (χ3v) is 1.99. The van der Waals surface area contributed by atoms with Crippen LogP contribution in [0.5, 0.6) is 5.75 Å². The van der Waals surface area contributed by atoms with Crippen LogP contribution in [-0.4, -0.2) is 22.6 Å². The van der Waals surface area contributed by atoms with E-state index in [-0.39, 0.29) is 30.0 Å². The highest BCUT2D eigenvalue weighted by Gasteiger charge is 2.20. The fourth-order valence-corrected chi connectivity index (χ4v) is 1.30. The minimum absolute atomic E-state index is 0.125. The minimum atomic E-state index is -1.10. The number of nitro benzene ring substituents is 1. The maximum absolute atomic E-state index is 13.0. The number of nitrogens with zero attached hydrogens (tertiary/aromatic N) is 1. The van der Waals surface area contributed by atoms with Crippen LogP contribution in [0.15, 0.2) is 12.1 Å². The summed E-state index contributed by atoms with van der Waals surface area (Å²) >= 11 is 0. The predicted molar refractivity (Wildman–Crippen MR) is 55.5 cm³/mol. The SMILES string of the molecule is Cc1cc(F)cc(OCCC(=O)O)c1[N+](=O)[O-]. The van der Waals surface area contributed by atoms with Crippen LogP contribution in [0.2, 0.25) is 0 Å². The van der Waals surface area contributed by atoms with Gasteiger partial charge in [0.25, 0.3) is 0 Å². The Morgan fingerprint density at radius 2 is 2.24 bits per heavy atom. The van der Waals surface area contributed by atoms with Crippen molar-refractivity contribution < 1.29 is 24.0 Å². The monoisotopic (exact) mass is 243 g/mol. The fourth-order valence-electron chi connectivity index (χ4n) is 1.30. The summed E-state index contributed by atoms with van der Waals surface area (Å²) in [5, 5.41) is 19.1. The molecule has 0 unspecified atom stereocenters. The summed E-state index contributed by atoms with van der Waals surface area (Å²) in [5.41, 5.74) is -0.225. The fraction of sp³-hybridized carbons (Fsp3) is 0.300. The molecule has 0 amide bonds. The van der Waals surface area contributed by atoms with Crippen LogP contribution in [0, 0.1) is 22.9 Å². The highest BCUT2D eigenvalue weighted by atomic mass is 19.1. The summed E-state index contributed by atoms with van der Waals surface area (Å²) in [5.74, 6) is -2.02. The number of rotatable bonds is 5. The lowest BCUT2D eigenvalue weighted by Crippen LogP contribution is -2.07. The number of carboxylic acids is 1. The number of carboxylic acid groups (broad SMARTS) is 1. The van der Waals surface area contributed by atoms with E-state index in [9.17, 15) is 19.3 Å². The zero-order valence-electron chi connectivity index (χ0n) is 8.97. The molecule has 0 saturated heterocycles. The number of halogens is 1. The molecule has 7 heteroatoms. The third kappa shape index (κ3) is 3.40. The summed E-state index contributed by atoms with van der Waals surface area (Å²) in [6, 6.07) is 1.88. The van der Waals surface area contributed by atoms with Crippen molar-refractivity contribution in [3.05, 3.63) is 33.6 Å². The van der Waals surface area contributed by atoms with Crippen molar-refractivity contribution in [3.8, 4) is 5.75 Å². The van der Waals surface area contributed by atoms with Gasteiger partial charge in [0.05, 0.1) is 18.0 Å². The van der Waals surface area contributed by atoms with Crippen LogP contribution in [-0.2, 0) is 4.79 Å². The molecule has 0 aliphatic heterocycles. The Bertz CT molecular complexity index is 460. The zero-order valence-corrected chi connectivity index (χ0v) is 8.97. The topological polar surface area (TPSA) is 89.7 Å². The lowest BCUT2D eigenvalue weighted by Gasteiger charge is -2.07. The summed E-state index contributed by atoms with van der Waals surface area (Å²) < 4.78 is 17.9. The molecule has 0 radical (unpaired) electrons. The minimum Gasteiger partial charge on any atom is -0.486 e. The van der Waals surface area contributed by atoms with E-state index < -0.39 is 16.7 Å². The molecule has 0 atom stereocenters. The lowest BCUT2D eigenvalue weighted by molar-refractivity contribution is -0.386. The summed E-state index contributed by atoms with van der Waals surface area (Å²) in [6.45, 7) is 1.13. The van der Waals surface area contributed by atoms with Crippen LogP contribution in [0.4, 0.5) is 10.1 Å². The van der Waals surface area contributed by atoms with Gasteiger partial charge in [-0.2, -0.15) is 0 Å². The Balaban J connectivity index is 2.96. The van der Waals surface area contributed by atoms with Crippen molar-refractivity contribution in [2.24, 2.45) is 0 Å². The van der Waals surface area contributed by atoms with Crippen molar-refractivity contribution in [2.75, 3.05) is 6.61 Å². The molecule has 0 heterocycles. The first-order valence-corrected chi connectivity index (χ1v) is 4.71. The number of aryl methyl sites for hydroxylation is 1. The van der Waals surface area contributed by atoms with Gasteiger partial charge in [0.2, 0.25) is 0 Å². The van der Waals surface area contributed by atoms with Gasteiger partial charge in [0.15, 0.2) is 5.75 Å². The van der Waals surface area contributed by atoms with Crippen LogP contribution in [0.1, 0.15) is 12.0 Å². The average Bonchev–Trinajstić information content (AvgIpc) is 2.14. The Morgan fingerprint density at radius 1 is 1.59 bits per heavy atom. The highest BCUT2D eigenvalue weighted by molar-refractivity contribution is 5.66. The Hall–Kier alpha value is -2.18. The number of aliphatic carboxylic acids is 1. The van der Waals surface area contributed by atoms with E-state index in [0.29, 0.717) is 0 Å². The third-order valence-electron chi connectivity index (χ3n) is 1.99. The van der Waals surface area contributed by atoms with Crippen LogP contribution in [0.3, 0.4) is 0 Å². The zero-order chi connectivity index (χ0) is 13.0. The van der Waals surface area contributed by atoms with Gasteiger partial charge >= 0.3 is 11.7 Å². The number of hydrogen-bond acceptors (Lipinski definition) is 4. The first-order valence-electron chi connectivity index (χ1n) is 4.71. The van der Waals surface area contributed by atoms with E-state index in [0.717, 1.165) is 12.1 Å². The van der Waals surface area contributed by atoms with Gasteiger partial charge in [-0.05, 0) is 13.0 Å². The Morgan fingerprint density at radius 3 is 2.76 bits per heavy atom. The van der Waals surface area contributed by atoms with Crippen LogP contribution < -0.4 is 4.74 Å². The average molecular weight is 243 g/mol. The molecule has 92 valence electrons. The number of hydrogen-bond donors (Lipinski definition) is 1. The first-order chi connectivity index (χ1) is 7.91. The van der Waals surface area contributed by atoms with Crippen LogP contribution >= 0.6 is 0 Å². The van der Waals surface area contributed by atoms with E-state index in [1.165, 1.54) is 6.92 Å². The van der Waals surface area contributed by atoms with Crippen molar-refractivity contribution in [1.29, 1.82) is 0 Å². The number of ether oxygens (including phenoxy) is 1. The maximum atomic E-state index is 13.0. The molecule has 0 spiro atoms. The van der Waals surface area contributed by atoms with E-state index >= 15 is 0 Å². The number of benzene rings is 1. The largest absolute Gasteiger partial charge is 0.486 e. The van der Waals surface area contributed by atoms with E-state index in [4.69, 9.17) is 9.84 Å². The molecule has 0 aromatic heterocycles. The maximum Gasteiger partial charge on any atom is 0.313 e. The molecule has 1 aromatic carbocycles. The molecule has 6 nitrogen and oxygen atoms in total.